The third-order valence-corrected chi connectivity index (χ3v) is 4.48. The van der Waals surface area contributed by atoms with Crippen LogP contribution >= 0.6 is 23.2 Å². The van der Waals surface area contributed by atoms with Gasteiger partial charge in [-0.1, -0.05) is 59.6 Å². The van der Waals surface area contributed by atoms with E-state index < -0.39 is 5.97 Å². The van der Waals surface area contributed by atoms with Crippen molar-refractivity contribution in [3.05, 3.63) is 81.9 Å². The largest absolute Gasteiger partial charge is 1.00 e. The Morgan fingerprint density at radius 1 is 0.789 bits per heavy atom. The number of carbonyl (C=O) groups excluding carboxylic acids is 3. The molecule has 38 heavy (non-hydrogen) atoms. The first-order valence-corrected chi connectivity index (χ1v) is 11.1. The summed E-state index contributed by atoms with van der Waals surface area (Å²) in [5.41, 5.74) is 1.67. The molecule has 2 rings (SSSR count). The molecule has 0 aliphatic rings. The molecule has 0 aromatic heterocycles. The summed E-state index contributed by atoms with van der Waals surface area (Å²) in [4.78, 5) is 43.7. The van der Waals surface area contributed by atoms with Gasteiger partial charge in [0.2, 0.25) is 0 Å². The number of carboxylic acids is 1. The summed E-state index contributed by atoms with van der Waals surface area (Å²) in [6, 6.07) is 14.2. The van der Waals surface area contributed by atoms with Gasteiger partial charge in [-0.05, 0) is 47.5 Å². The van der Waals surface area contributed by atoms with Crippen LogP contribution in [0.15, 0.2) is 60.7 Å². The maximum absolute atomic E-state index is 11.4. The Morgan fingerprint density at radius 2 is 1.18 bits per heavy atom. The normalized spacial score (nSPS) is 9.29. The van der Waals surface area contributed by atoms with E-state index in [9.17, 15) is 19.2 Å². The summed E-state index contributed by atoms with van der Waals surface area (Å²) in [7, 11) is 2.30. The first-order chi connectivity index (χ1) is 16.7. The molecule has 0 spiro atoms. The third kappa shape index (κ3) is 22.8. The van der Waals surface area contributed by atoms with Gasteiger partial charge in [-0.3, -0.25) is 19.2 Å². The van der Waals surface area contributed by atoms with Crippen LogP contribution in [0.4, 0.5) is 0 Å². The molecule has 0 aliphatic carbocycles. The number of aliphatic carboxylic acids is 1. The predicted molar refractivity (Wildman–Crippen MR) is 143 cm³/mol. The molecule has 204 valence electrons. The number of aliphatic hydroxyl groups is 1. The summed E-state index contributed by atoms with van der Waals surface area (Å²) >= 11 is 11.6. The van der Waals surface area contributed by atoms with E-state index in [1.807, 2.05) is 12.1 Å². The molecule has 0 aliphatic heterocycles. The van der Waals surface area contributed by atoms with Crippen molar-refractivity contribution in [2.24, 2.45) is 0 Å². The van der Waals surface area contributed by atoms with Crippen molar-refractivity contribution in [2.45, 2.75) is 25.7 Å². The summed E-state index contributed by atoms with van der Waals surface area (Å²) < 4.78 is 4.45. The van der Waals surface area contributed by atoms with Crippen LogP contribution in [0.1, 0.15) is 36.8 Å². The Morgan fingerprint density at radius 3 is 1.53 bits per heavy atom. The first kappa shape index (κ1) is 42.7. The first-order valence-electron chi connectivity index (χ1n) is 10.4. The van der Waals surface area contributed by atoms with Gasteiger partial charge in [0.15, 0.2) is 11.6 Å². The van der Waals surface area contributed by atoms with Crippen LogP contribution in [0.5, 0.6) is 0 Å². The average molecular weight is 581 g/mol. The zero-order valence-electron chi connectivity index (χ0n) is 21.4. The van der Waals surface area contributed by atoms with Gasteiger partial charge in [0.25, 0.3) is 0 Å². The zero-order valence-corrected chi connectivity index (χ0v) is 24.9. The zero-order chi connectivity index (χ0) is 26.6. The second-order valence-corrected chi connectivity index (χ2v) is 7.55. The topological polar surface area (TPSA) is 179 Å². The van der Waals surface area contributed by atoms with Crippen molar-refractivity contribution in [3.63, 3.8) is 0 Å². The fourth-order valence-corrected chi connectivity index (χ4v) is 2.72. The number of halogens is 2. The van der Waals surface area contributed by atoms with Crippen LogP contribution in [-0.2, 0) is 23.9 Å². The van der Waals surface area contributed by atoms with Gasteiger partial charge >= 0.3 is 41.5 Å². The number of hydrogen-bond donors (Lipinski definition) is 2. The predicted octanol–water partition coefficient (Wildman–Crippen LogP) is 1.27. The number of esters is 1. The fraction of sp³-hybridized carbons (Fsp3) is 0.231. The number of hydrogen-bond acceptors (Lipinski definition) is 7. The van der Waals surface area contributed by atoms with Crippen LogP contribution in [0.25, 0.3) is 12.2 Å². The van der Waals surface area contributed by atoms with Crippen molar-refractivity contribution in [2.75, 3.05) is 14.2 Å². The number of rotatable bonds is 10. The second-order valence-electron chi connectivity index (χ2n) is 6.68. The molecule has 0 atom stereocenters. The van der Waals surface area contributed by atoms with E-state index in [4.69, 9.17) is 33.4 Å². The molecule has 5 N–H and O–H groups in total. The van der Waals surface area contributed by atoms with Crippen molar-refractivity contribution < 1.29 is 74.6 Å². The van der Waals surface area contributed by atoms with Crippen LogP contribution < -0.4 is 29.6 Å². The van der Waals surface area contributed by atoms with E-state index in [2.05, 4.69) is 4.74 Å². The quantitative estimate of drug-likeness (QED) is 0.239. The van der Waals surface area contributed by atoms with E-state index in [0.717, 1.165) is 18.2 Å². The number of benzene rings is 2. The number of ether oxygens (including phenoxy) is 1. The molecule has 0 saturated heterocycles. The van der Waals surface area contributed by atoms with Crippen LogP contribution in [0.3, 0.4) is 0 Å². The Bertz CT molecular complexity index is 1040. The molecule has 0 radical (unpaired) electrons. The van der Waals surface area contributed by atoms with Gasteiger partial charge in [-0.2, -0.15) is 0 Å². The monoisotopic (exact) mass is 580 g/mol. The van der Waals surface area contributed by atoms with Crippen molar-refractivity contribution in [1.29, 1.82) is 0 Å². The minimum absolute atomic E-state index is 0. The van der Waals surface area contributed by atoms with Crippen LogP contribution in [0, 0.1) is 0 Å². The molecule has 0 heterocycles. The SMILES string of the molecule is CO.COC(=O)CCC(=O)/C=C/c1cccc(Cl)c1.O.O=C(O)CCC(=O)/C=C/c1cccc(Cl)c1.[Na+].[OH-]. The number of methoxy groups -OCH3 is 1. The van der Waals surface area contributed by atoms with Gasteiger partial charge in [0, 0.05) is 30.0 Å². The molecular weight excluding hydrogens is 550 g/mol. The van der Waals surface area contributed by atoms with Crippen molar-refractivity contribution in [1.82, 2.24) is 0 Å². The molecule has 0 bridgehead atoms. The molecule has 12 heteroatoms. The van der Waals surface area contributed by atoms with Crippen LogP contribution in [0.2, 0.25) is 10.0 Å². The number of carboxylic acid groups (broad SMARTS) is 1. The molecule has 2 aromatic carbocycles. The smallest absolute Gasteiger partial charge is 0.870 e. The molecule has 0 saturated carbocycles. The van der Waals surface area contributed by atoms with Gasteiger partial charge in [0.1, 0.15) is 0 Å². The summed E-state index contributed by atoms with van der Waals surface area (Å²) in [5, 5.41) is 16.6. The maximum Gasteiger partial charge on any atom is 1.00 e. The van der Waals surface area contributed by atoms with Crippen molar-refractivity contribution in [3.8, 4) is 0 Å². The van der Waals surface area contributed by atoms with E-state index >= 15 is 0 Å². The Hall–Kier alpha value is -2.34. The molecule has 2 aromatic rings. The number of ketones is 2. The minimum Gasteiger partial charge on any atom is -0.870 e. The third-order valence-electron chi connectivity index (χ3n) is 4.01. The van der Waals surface area contributed by atoms with Gasteiger partial charge < -0.3 is 25.9 Å². The van der Waals surface area contributed by atoms with Crippen molar-refractivity contribution >= 4 is 58.9 Å². The van der Waals surface area contributed by atoms with Gasteiger partial charge in [0.05, 0.1) is 20.0 Å². The Kier molecular flexibility index (Phi) is 29.6. The van der Waals surface area contributed by atoms with E-state index in [-0.39, 0.29) is 83.7 Å². The standard InChI is InChI=1S/C13H13ClO3.C12H11ClO3.CH4O.Na.2H2O/c1-17-13(16)8-7-12(15)6-5-10-3-2-4-11(14)9-10;13-10-3-1-2-9(8-10)4-5-11(14)6-7-12(15)16;1-2;;;/h2-6,9H,7-8H2,1H3;1-5,8H,6-7H2,(H,15,16);2H,1H3;;2*1H2/q;;;+1;;/p-1/b6-5+;5-4+;;;;. The minimum atomic E-state index is -0.968. The maximum atomic E-state index is 11.4. The molecular formula is C26H31Cl2NaO9. The summed E-state index contributed by atoms with van der Waals surface area (Å²) in [6.45, 7) is 0. The molecule has 0 unspecified atom stereocenters. The second kappa shape index (κ2) is 26.3. The van der Waals surface area contributed by atoms with E-state index in [0.29, 0.717) is 10.0 Å². The van der Waals surface area contributed by atoms with E-state index in [1.54, 1.807) is 48.6 Å². The average Bonchev–Trinajstić information content (AvgIpc) is 2.85. The molecule has 9 nitrogen and oxygen atoms in total. The van der Waals surface area contributed by atoms with Gasteiger partial charge in [-0.25, -0.2) is 0 Å². The number of allylic oxidation sites excluding steroid dienone is 2. The number of aliphatic hydroxyl groups excluding tert-OH is 1. The molecule has 0 fully saturated rings. The Labute approximate surface area is 254 Å². The van der Waals surface area contributed by atoms with E-state index in [1.165, 1.54) is 19.3 Å². The van der Waals surface area contributed by atoms with Gasteiger partial charge in [-0.15, -0.1) is 0 Å². The summed E-state index contributed by atoms with van der Waals surface area (Å²) in [6.07, 6.45) is 6.24. The summed E-state index contributed by atoms with van der Waals surface area (Å²) in [5.74, 6) is -1.67. The fourth-order valence-electron chi connectivity index (χ4n) is 2.32. The Balaban J connectivity index is -0.000000266. The molecule has 0 amide bonds. The van der Waals surface area contributed by atoms with Crippen LogP contribution in [-0.4, -0.2) is 58.9 Å². The number of carbonyl (C=O) groups is 4.